The number of nitrogens with zero attached hydrogens (tertiary/aromatic N) is 3. The number of para-hydroxylation sites is 2. The number of nitrogens with one attached hydrogen (secondary N) is 1. The van der Waals surface area contributed by atoms with Crippen molar-refractivity contribution in [3.63, 3.8) is 0 Å². The Morgan fingerprint density at radius 3 is 2.54 bits per heavy atom. The topological polar surface area (TPSA) is 70.6 Å². The van der Waals surface area contributed by atoms with E-state index in [-0.39, 0.29) is 23.2 Å². The Kier molecular flexibility index (Phi) is 5.19. The lowest BCUT2D eigenvalue weighted by Gasteiger charge is -2.43. The van der Waals surface area contributed by atoms with Crippen LogP contribution in [-0.2, 0) is 4.74 Å². The van der Waals surface area contributed by atoms with Crippen molar-refractivity contribution in [2.45, 2.75) is 38.6 Å². The molecule has 7 heteroatoms. The molecule has 1 amide bonds. The molecular formula is C21H30N4O3. The van der Waals surface area contributed by atoms with Gasteiger partial charge in [-0.15, -0.1) is 0 Å². The summed E-state index contributed by atoms with van der Waals surface area (Å²) < 4.78 is 6.79. The monoisotopic (exact) mass is 386 g/mol. The first kappa shape index (κ1) is 19.1. The van der Waals surface area contributed by atoms with E-state index in [1.54, 1.807) is 4.90 Å². The first-order valence-electron chi connectivity index (χ1n) is 10.2. The van der Waals surface area contributed by atoms with Gasteiger partial charge in [-0.25, -0.2) is 9.59 Å². The molecule has 0 aliphatic carbocycles. The average Bonchev–Trinajstić information content (AvgIpc) is 3.04. The van der Waals surface area contributed by atoms with Crippen molar-refractivity contribution in [2.75, 3.05) is 39.8 Å². The van der Waals surface area contributed by atoms with E-state index < -0.39 is 0 Å². The molecule has 152 valence electrons. The third kappa shape index (κ3) is 3.68. The van der Waals surface area contributed by atoms with Gasteiger partial charge in [-0.2, -0.15) is 0 Å². The second kappa shape index (κ2) is 7.62. The molecule has 4 rings (SSSR count). The third-order valence-corrected chi connectivity index (χ3v) is 6.55. The van der Waals surface area contributed by atoms with Crippen LogP contribution in [0, 0.1) is 5.41 Å². The van der Waals surface area contributed by atoms with Crippen LogP contribution in [0.1, 0.15) is 38.6 Å². The lowest BCUT2D eigenvalue weighted by Crippen LogP contribution is -2.48. The number of amides is 1. The number of carbonyl (C=O) groups is 1. The average molecular weight is 386 g/mol. The fourth-order valence-electron chi connectivity index (χ4n) is 4.83. The van der Waals surface area contributed by atoms with E-state index in [0.717, 1.165) is 69.4 Å². The van der Waals surface area contributed by atoms with E-state index in [1.165, 1.54) is 7.11 Å². The zero-order valence-corrected chi connectivity index (χ0v) is 16.8. The molecule has 1 N–H and O–H groups in total. The Morgan fingerprint density at radius 1 is 1.18 bits per heavy atom. The standard InChI is InChI=1S/C21H30N4O3/c1-21(9-13-24(14-10-21)20(27)28-2)15-23-11-7-16(8-12-23)25-18-6-4-3-5-17(18)22-19(25)26/h3-6,16H,7-15H2,1-2H3,(H,22,26). The molecule has 0 spiro atoms. The lowest BCUT2D eigenvalue weighted by atomic mass is 9.79. The lowest BCUT2D eigenvalue weighted by molar-refractivity contribution is 0.0535. The molecule has 0 unspecified atom stereocenters. The number of H-pyrrole nitrogens is 1. The van der Waals surface area contributed by atoms with Crippen LogP contribution in [0.4, 0.5) is 4.79 Å². The van der Waals surface area contributed by atoms with Crippen molar-refractivity contribution < 1.29 is 9.53 Å². The minimum Gasteiger partial charge on any atom is -0.453 e. The summed E-state index contributed by atoms with van der Waals surface area (Å²) in [5.74, 6) is 0. The minimum absolute atomic E-state index is 0.00166. The summed E-state index contributed by atoms with van der Waals surface area (Å²) in [7, 11) is 1.44. The van der Waals surface area contributed by atoms with Crippen LogP contribution in [0.2, 0.25) is 0 Å². The number of benzene rings is 1. The van der Waals surface area contributed by atoms with Crippen molar-refractivity contribution in [2.24, 2.45) is 5.41 Å². The van der Waals surface area contributed by atoms with Gasteiger partial charge in [-0.05, 0) is 43.2 Å². The Bertz CT molecular complexity index is 886. The Morgan fingerprint density at radius 2 is 1.86 bits per heavy atom. The first-order valence-corrected chi connectivity index (χ1v) is 10.2. The summed E-state index contributed by atoms with van der Waals surface area (Å²) in [5, 5.41) is 0. The molecule has 2 aliphatic heterocycles. The summed E-state index contributed by atoms with van der Waals surface area (Å²) in [5.41, 5.74) is 2.16. The predicted octanol–water partition coefficient (Wildman–Crippen LogP) is 2.84. The highest BCUT2D eigenvalue weighted by atomic mass is 16.5. The highest BCUT2D eigenvalue weighted by Crippen LogP contribution is 2.34. The smallest absolute Gasteiger partial charge is 0.409 e. The Labute approximate surface area is 165 Å². The van der Waals surface area contributed by atoms with Crippen molar-refractivity contribution in [3.05, 3.63) is 34.7 Å². The van der Waals surface area contributed by atoms with E-state index in [1.807, 2.05) is 28.8 Å². The fourth-order valence-corrected chi connectivity index (χ4v) is 4.83. The number of ether oxygens (including phenoxy) is 1. The van der Waals surface area contributed by atoms with Crippen molar-refractivity contribution in [1.82, 2.24) is 19.4 Å². The maximum Gasteiger partial charge on any atom is 0.409 e. The molecule has 2 saturated heterocycles. The molecule has 0 radical (unpaired) electrons. The largest absolute Gasteiger partial charge is 0.453 e. The number of hydrogen-bond acceptors (Lipinski definition) is 4. The quantitative estimate of drug-likeness (QED) is 0.881. The number of carbonyl (C=O) groups excluding carboxylic acids is 1. The van der Waals surface area contributed by atoms with Crippen molar-refractivity contribution in [1.29, 1.82) is 0 Å². The highest BCUT2D eigenvalue weighted by molar-refractivity contribution is 5.75. The van der Waals surface area contributed by atoms with Crippen LogP contribution in [0.3, 0.4) is 0 Å². The number of rotatable bonds is 3. The second-order valence-electron chi connectivity index (χ2n) is 8.59. The number of imidazole rings is 1. The molecule has 1 aromatic carbocycles. The van der Waals surface area contributed by atoms with Gasteiger partial charge in [0.1, 0.15) is 0 Å². The highest BCUT2D eigenvalue weighted by Gasteiger charge is 2.35. The molecule has 0 bridgehead atoms. The Balaban J connectivity index is 1.35. The van der Waals surface area contributed by atoms with Crippen molar-refractivity contribution >= 4 is 17.1 Å². The molecule has 2 fully saturated rings. The number of piperidine rings is 2. The summed E-state index contributed by atoms with van der Waals surface area (Å²) in [6, 6.07) is 8.19. The molecule has 0 atom stereocenters. The number of hydrogen-bond donors (Lipinski definition) is 1. The van der Waals surface area contributed by atoms with Gasteiger partial charge in [0.15, 0.2) is 0 Å². The van der Waals surface area contributed by atoms with Gasteiger partial charge in [0, 0.05) is 38.8 Å². The van der Waals surface area contributed by atoms with Crippen LogP contribution in [0.15, 0.2) is 29.1 Å². The predicted molar refractivity (Wildman–Crippen MR) is 109 cm³/mol. The third-order valence-electron chi connectivity index (χ3n) is 6.55. The number of aromatic amines is 1. The normalized spacial score (nSPS) is 21.1. The van der Waals surface area contributed by atoms with Gasteiger partial charge in [0.25, 0.3) is 0 Å². The van der Waals surface area contributed by atoms with Crippen molar-refractivity contribution in [3.8, 4) is 0 Å². The molecule has 1 aromatic heterocycles. The van der Waals surface area contributed by atoms with Crippen LogP contribution >= 0.6 is 0 Å². The zero-order valence-electron chi connectivity index (χ0n) is 16.8. The fraction of sp³-hybridized carbons (Fsp3) is 0.619. The van der Waals surface area contributed by atoms with Crippen LogP contribution in [-0.4, -0.2) is 65.3 Å². The summed E-state index contributed by atoms with van der Waals surface area (Å²) in [4.78, 5) is 31.5. The zero-order chi connectivity index (χ0) is 19.7. The SMILES string of the molecule is COC(=O)N1CCC(C)(CN2CCC(n3c(=O)[nH]c4ccccc43)CC2)CC1. The minimum atomic E-state index is -0.216. The summed E-state index contributed by atoms with van der Waals surface area (Å²) in [6.07, 6.45) is 3.78. The second-order valence-corrected chi connectivity index (χ2v) is 8.59. The van der Waals surface area contributed by atoms with Gasteiger partial charge in [0.2, 0.25) is 0 Å². The maximum absolute atomic E-state index is 12.4. The van der Waals surface area contributed by atoms with E-state index >= 15 is 0 Å². The first-order chi connectivity index (χ1) is 13.5. The van der Waals surface area contributed by atoms with Gasteiger partial charge in [-0.1, -0.05) is 19.1 Å². The number of fused-ring (bicyclic) bond motifs is 1. The van der Waals surface area contributed by atoms with Gasteiger partial charge in [-0.3, -0.25) is 4.57 Å². The number of likely N-dealkylation sites (tertiary alicyclic amines) is 2. The van der Waals surface area contributed by atoms with E-state index in [0.29, 0.717) is 0 Å². The van der Waals surface area contributed by atoms with E-state index in [4.69, 9.17) is 4.74 Å². The molecule has 28 heavy (non-hydrogen) atoms. The molecule has 0 saturated carbocycles. The van der Waals surface area contributed by atoms with E-state index in [2.05, 4.69) is 16.8 Å². The molecule has 7 nitrogen and oxygen atoms in total. The molecular weight excluding hydrogens is 356 g/mol. The van der Waals surface area contributed by atoms with Crippen LogP contribution < -0.4 is 5.69 Å². The van der Waals surface area contributed by atoms with Gasteiger partial charge in [0.05, 0.1) is 18.1 Å². The molecule has 3 heterocycles. The summed E-state index contributed by atoms with van der Waals surface area (Å²) >= 11 is 0. The summed E-state index contributed by atoms with van der Waals surface area (Å²) in [6.45, 7) is 6.93. The van der Waals surface area contributed by atoms with Crippen LogP contribution in [0.5, 0.6) is 0 Å². The van der Waals surface area contributed by atoms with E-state index in [9.17, 15) is 9.59 Å². The maximum atomic E-state index is 12.4. The molecule has 2 aromatic rings. The Hall–Kier alpha value is -2.28. The number of methoxy groups -OCH3 is 1. The van der Waals surface area contributed by atoms with Gasteiger partial charge < -0.3 is 19.5 Å². The number of aromatic nitrogens is 2. The van der Waals surface area contributed by atoms with Gasteiger partial charge >= 0.3 is 11.8 Å². The van der Waals surface area contributed by atoms with Crippen LogP contribution in [0.25, 0.3) is 11.0 Å². The molecule has 2 aliphatic rings.